The maximum Gasteiger partial charge on any atom is 0.243 e. The molecule has 3 aromatic rings. The van der Waals surface area contributed by atoms with Gasteiger partial charge >= 0.3 is 0 Å². The van der Waals surface area contributed by atoms with Crippen LogP contribution in [-0.4, -0.2) is 20.6 Å². The van der Waals surface area contributed by atoms with Gasteiger partial charge in [0.25, 0.3) is 0 Å². The van der Waals surface area contributed by atoms with Gasteiger partial charge in [-0.15, -0.1) is 0 Å². The predicted molar refractivity (Wildman–Crippen MR) is 87.1 cm³/mol. The molecule has 1 amide bonds. The van der Waals surface area contributed by atoms with Gasteiger partial charge in [0.2, 0.25) is 11.7 Å². The first-order chi connectivity index (χ1) is 11.6. The molecule has 126 valence electrons. The molecule has 0 unspecified atom stereocenters. The minimum absolute atomic E-state index is 0.0996. The summed E-state index contributed by atoms with van der Waals surface area (Å²) in [5.41, 5.74) is 0.636. The lowest BCUT2D eigenvalue weighted by Crippen LogP contribution is -2.31. The van der Waals surface area contributed by atoms with E-state index in [0.29, 0.717) is 23.8 Å². The van der Waals surface area contributed by atoms with Crippen molar-refractivity contribution in [3.05, 3.63) is 48.4 Å². The van der Waals surface area contributed by atoms with Crippen LogP contribution < -0.4 is 5.32 Å². The standard InChI is InChI=1S/C17H20N4O3/c1-11(2)16-18-6-7-21(16)12(3)17(22)19-10-13-9-15(24-20-13)14-5-4-8-23-14/h4-9,11-12H,10H2,1-3H3,(H,19,22)/t12-/m1/s1. The Balaban J connectivity index is 1.62. The Morgan fingerprint density at radius 2 is 2.17 bits per heavy atom. The van der Waals surface area contributed by atoms with Crippen molar-refractivity contribution in [2.75, 3.05) is 0 Å². The van der Waals surface area contributed by atoms with E-state index in [-0.39, 0.29) is 17.9 Å². The van der Waals surface area contributed by atoms with Crippen LogP contribution in [0.3, 0.4) is 0 Å². The highest BCUT2D eigenvalue weighted by Crippen LogP contribution is 2.21. The molecule has 0 radical (unpaired) electrons. The Hall–Kier alpha value is -2.83. The maximum atomic E-state index is 12.4. The number of carbonyl (C=O) groups is 1. The summed E-state index contributed by atoms with van der Waals surface area (Å²) in [5.74, 6) is 2.18. The lowest BCUT2D eigenvalue weighted by atomic mass is 10.2. The molecule has 24 heavy (non-hydrogen) atoms. The van der Waals surface area contributed by atoms with E-state index in [1.807, 2.05) is 17.7 Å². The molecular formula is C17H20N4O3. The molecule has 7 nitrogen and oxygen atoms in total. The molecule has 1 atom stereocenters. The smallest absolute Gasteiger partial charge is 0.243 e. The molecule has 0 aromatic carbocycles. The highest BCUT2D eigenvalue weighted by molar-refractivity contribution is 5.79. The molecule has 7 heteroatoms. The second-order valence-corrected chi connectivity index (χ2v) is 5.90. The topological polar surface area (TPSA) is 86.1 Å². The zero-order valence-electron chi connectivity index (χ0n) is 13.9. The Bertz CT molecular complexity index is 802. The van der Waals surface area contributed by atoms with Crippen molar-refractivity contribution < 1.29 is 13.7 Å². The molecule has 0 aliphatic rings. The minimum Gasteiger partial charge on any atom is -0.461 e. The van der Waals surface area contributed by atoms with E-state index in [1.54, 1.807) is 30.7 Å². The first-order valence-electron chi connectivity index (χ1n) is 7.86. The largest absolute Gasteiger partial charge is 0.461 e. The van der Waals surface area contributed by atoms with Gasteiger partial charge in [-0.2, -0.15) is 0 Å². The average molecular weight is 328 g/mol. The number of imidazole rings is 1. The van der Waals surface area contributed by atoms with E-state index in [2.05, 4.69) is 29.3 Å². The van der Waals surface area contributed by atoms with E-state index in [1.165, 1.54) is 0 Å². The van der Waals surface area contributed by atoms with Gasteiger partial charge in [0.05, 0.1) is 12.8 Å². The lowest BCUT2D eigenvalue weighted by Gasteiger charge is -2.17. The van der Waals surface area contributed by atoms with E-state index in [0.717, 1.165) is 5.82 Å². The summed E-state index contributed by atoms with van der Waals surface area (Å²) in [6.07, 6.45) is 5.11. The summed E-state index contributed by atoms with van der Waals surface area (Å²) < 4.78 is 12.4. The number of nitrogens with zero attached hydrogens (tertiary/aromatic N) is 3. The molecular weight excluding hydrogens is 308 g/mol. The molecule has 0 aliphatic heterocycles. The van der Waals surface area contributed by atoms with E-state index >= 15 is 0 Å². The van der Waals surface area contributed by atoms with Crippen LogP contribution in [0.2, 0.25) is 0 Å². The van der Waals surface area contributed by atoms with Crippen molar-refractivity contribution in [3.8, 4) is 11.5 Å². The lowest BCUT2D eigenvalue weighted by molar-refractivity contribution is -0.124. The monoisotopic (exact) mass is 328 g/mol. The molecule has 0 saturated carbocycles. The van der Waals surface area contributed by atoms with Crippen LogP contribution in [0.15, 0.2) is 45.8 Å². The highest BCUT2D eigenvalue weighted by atomic mass is 16.5. The zero-order valence-corrected chi connectivity index (χ0v) is 13.9. The van der Waals surface area contributed by atoms with Crippen LogP contribution in [0.5, 0.6) is 0 Å². The molecule has 0 fully saturated rings. The number of hydrogen-bond donors (Lipinski definition) is 1. The van der Waals surface area contributed by atoms with Crippen LogP contribution in [0.4, 0.5) is 0 Å². The Labute approximate surface area is 139 Å². The number of aromatic nitrogens is 3. The van der Waals surface area contributed by atoms with Gasteiger partial charge < -0.3 is 18.8 Å². The quantitative estimate of drug-likeness (QED) is 0.751. The van der Waals surface area contributed by atoms with Gasteiger partial charge in [0.15, 0.2) is 5.76 Å². The molecule has 3 heterocycles. The van der Waals surface area contributed by atoms with Crippen LogP contribution in [0.1, 0.15) is 44.2 Å². The summed E-state index contributed by atoms with van der Waals surface area (Å²) in [7, 11) is 0. The van der Waals surface area contributed by atoms with Gasteiger partial charge in [0, 0.05) is 24.4 Å². The SMILES string of the molecule is CC(C)c1nccn1[C@H](C)C(=O)NCc1cc(-c2ccco2)on1. The minimum atomic E-state index is -0.346. The summed E-state index contributed by atoms with van der Waals surface area (Å²) in [5, 5.41) is 6.81. The summed E-state index contributed by atoms with van der Waals surface area (Å²) in [6, 6.07) is 4.97. The third-order valence-electron chi connectivity index (χ3n) is 3.78. The summed E-state index contributed by atoms with van der Waals surface area (Å²) in [6.45, 7) is 6.24. The van der Waals surface area contributed by atoms with Crippen molar-refractivity contribution in [2.45, 2.75) is 39.3 Å². The number of amides is 1. The molecule has 0 aliphatic carbocycles. The first kappa shape index (κ1) is 16.0. The molecule has 3 aromatic heterocycles. The first-order valence-corrected chi connectivity index (χ1v) is 7.86. The number of nitrogens with one attached hydrogen (secondary N) is 1. The van der Waals surface area contributed by atoms with Gasteiger partial charge in [-0.1, -0.05) is 19.0 Å². The average Bonchev–Trinajstić information content (AvgIpc) is 3.32. The van der Waals surface area contributed by atoms with Crippen LogP contribution in [0, 0.1) is 0 Å². The van der Waals surface area contributed by atoms with Crippen molar-refractivity contribution in [2.24, 2.45) is 0 Å². The summed E-state index contributed by atoms with van der Waals surface area (Å²) >= 11 is 0. The zero-order chi connectivity index (χ0) is 17.1. The Kier molecular flexibility index (Phi) is 4.50. The van der Waals surface area contributed by atoms with Crippen molar-refractivity contribution in [1.82, 2.24) is 20.0 Å². The van der Waals surface area contributed by atoms with Gasteiger partial charge in [-0.05, 0) is 19.1 Å². The molecule has 3 rings (SSSR count). The normalized spacial score (nSPS) is 12.5. The van der Waals surface area contributed by atoms with E-state index in [4.69, 9.17) is 8.94 Å². The Morgan fingerprint density at radius 3 is 2.88 bits per heavy atom. The van der Waals surface area contributed by atoms with Crippen LogP contribution >= 0.6 is 0 Å². The molecule has 0 bridgehead atoms. The van der Waals surface area contributed by atoms with Crippen molar-refractivity contribution in [1.29, 1.82) is 0 Å². The third kappa shape index (κ3) is 3.24. The number of carbonyl (C=O) groups excluding carboxylic acids is 1. The van der Waals surface area contributed by atoms with Gasteiger partial charge in [-0.3, -0.25) is 4.79 Å². The number of furan rings is 1. The highest BCUT2D eigenvalue weighted by Gasteiger charge is 2.19. The van der Waals surface area contributed by atoms with Gasteiger partial charge in [0.1, 0.15) is 17.6 Å². The fourth-order valence-corrected chi connectivity index (χ4v) is 2.48. The van der Waals surface area contributed by atoms with Crippen molar-refractivity contribution >= 4 is 5.91 Å². The summed E-state index contributed by atoms with van der Waals surface area (Å²) in [4.78, 5) is 16.7. The van der Waals surface area contributed by atoms with Crippen LogP contribution in [-0.2, 0) is 11.3 Å². The number of hydrogen-bond acceptors (Lipinski definition) is 5. The predicted octanol–water partition coefficient (Wildman–Crippen LogP) is 3.13. The molecule has 0 spiro atoms. The fraction of sp³-hybridized carbons (Fsp3) is 0.353. The second kappa shape index (κ2) is 6.74. The van der Waals surface area contributed by atoms with E-state index in [9.17, 15) is 4.79 Å². The van der Waals surface area contributed by atoms with Crippen LogP contribution in [0.25, 0.3) is 11.5 Å². The van der Waals surface area contributed by atoms with Crippen molar-refractivity contribution in [3.63, 3.8) is 0 Å². The van der Waals surface area contributed by atoms with E-state index < -0.39 is 0 Å². The second-order valence-electron chi connectivity index (χ2n) is 5.90. The molecule has 0 saturated heterocycles. The molecule has 1 N–H and O–H groups in total. The fourth-order valence-electron chi connectivity index (χ4n) is 2.48. The van der Waals surface area contributed by atoms with Gasteiger partial charge in [-0.25, -0.2) is 4.98 Å². The number of rotatable bonds is 6. The Morgan fingerprint density at radius 1 is 1.33 bits per heavy atom. The third-order valence-corrected chi connectivity index (χ3v) is 3.78. The maximum absolute atomic E-state index is 12.4.